The molecular weight excluding hydrogens is 142 g/mol. The maximum absolute atomic E-state index is 9.75. The van der Waals surface area contributed by atoms with Crippen molar-refractivity contribution >= 4 is 0 Å². The topological polar surface area (TPSA) is 41.5 Å². The Morgan fingerprint density at radius 1 is 1.55 bits per heavy atom. The average Bonchev–Trinajstić information content (AvgIpc) is 2.36. The van der Waals surface area contributed by atoms with E-state index in [0.717, 1.165) is 39.1 Å². The predicted molar refractivity (Wildman–Crippen MR) is 41.4 cm³/mol. The summed E-state index contributed by atoms with van der Waals surface area (Å²) in [5, 5.41) is 12.8. The van der Waals surface area contributed by atoms with Gasteiger partial charge in [0.25, 0.3) is 0 Å². The fraction of sp³-hybridized carbons (Fsp3) is 1.00. The van der Waals surface area contributed by atoms with Crippen LogP contribution in [0.15, 0.2) is 0 Å². The van der Waals surface area contributed by atoms with Gasteiger partial charge in [-0.2, -0.15) is 0 Å². The lowest BCUT2D eigenvalue weighted by atomic mass is 9.85. The highest BCUT2D eigenvalue weighted by Crippen LogP contribution is 2.26. The van der Waals surface area contributed by atoms with Gasteiger partial charge >= 0.3 is 0 Å². The van der Waals surface area contributed by atoms with Gasteiger partial charge in [-0.15, -0.1) is 0 Å². The summed E-state index contributed by atoms with van der Waals surface area (Å²) in [5.74, 6) is 0.599. The molecule has 0 aromatic rings. The molecule has 0 aromatic heterocycles. The van der Waals surface area contributed by atoms with Crippen molar-refractivity contribution < 1.29 is 9.84 Å². The van der Waals surface area contributed by atoms with E-state index in [9.17, 15) is 5.11 Å². The fourth-order valence-electron chi connectivity index (χ4n) is 1.84. The van der Waals surface area contributed by atoms with E-state index in [1.807, 2.05) is 0 Å². The molecular formula is C8H15NO2. The van der Waals surface area contributed by atoms with Crippen molar-refractivity contribution in [2.75, 3.05) is 26.3 Å². The lowest BCUT2D eigenvalue weighted by Gasteiger charge is -2.39. The lowest BCUT2D eigenvalue weighted by Crippen LogP contribution is -2.60. The number of nitrogens with one attached hydrogen (secondary N) is 1. The largest absolute Gasteiger partial charge is 0.387 e. The summed E-state index contributed by atoms with van der Waals surface area (Å²) in [6.07, 6.45) is 2.04. The first-order valence-electron chi connectivity index (χ1n) is 4.29. The van der Waals surface area contributed by atoms with Crippen LogP contribution in [0.3, 0.4) is 0 Å². The van der Waals surface area contributed by atoms with Gasteiger partial charge in [0.15, 0.2) is 0 Å². The number of β-amino-alcohol motifs (C(OH)–C–C–N with tert-alkyl or cyclic N) is 1. The van der Waals surface area contributed by atoms with Crippen LogP contribution in [0.1, 0.15) is 12.8 Å². The minimum Gasteiger partial charge on any atom is -0.387 e. The summed E-state index contributed by atoms with van der Waals surface area (Å²) in [7, 11) is 0. The highest BCUT2D eigenvalue weighted by Gasteiger charge is 2.37. The van der Waals surface area contributed by atoms with Crippen molar-refractivity contribution in [1.82, 2.24) is 5.32 Å². The molecule has 2 fully saturated rings. The molecule has 1 atom stereocenters. The number of rotatable bonds is 2. The van der Waals surface area contributed by atoms with Gasteiger partial charge in [0, 0.05) is 26.3 Å². The Labute approximate surface area is 66.7 Å². The van der Waals surface area contributed by atoms with Crippen LogP contribution < -0.4 is 5.32 Å². The molecule has 2 N–H and O–H groups in total. The van der Waals surface area contributed by atoms with E-state index in [1.54, 1.807) is 0 Å². The Bertz CT molecular complexity index is 139. The van der Waals surface area contributed by atoms with E-state index in [-0.39, 0.29) is 0 Å². The Balaban J connectivity index is 1.79. The van der Waals surface area contributed by atoms with Gasteiger partial charge in [-0.25, -0.2) is 0 Å². The number of ether oxygens (including phenoxy) is 1. The lowest BCUT2D eigenvalue weighted by molar-refractivity contribution is -0.0311. The molecule has 2 heterocycles. The van der Waals surface area contributed by atoms with Crippen LogP contribution in [0.4, 0.5) is 0 Å². The molecule has 0 radical (unpaired) electrons. The van der Waals surface area contributed by atoms with Gasteiger partial charge in [0.1, 0.15) is 0 Å². The zero-order valence-corrected chi connectivity index (χ0v) is 6.68. The second kappa shape index (κ2) is 2.73. The standard InChI is InChI=1S/C8H15NO2/c10-8(5-9-6-8)3-7-1-2-11-4-7/h7,9-10H,1-6H2. The second-order valence-electron chi connectivity index (χ2n) is 3.76. The van der Waals surface area contributed by atoms with E-state index in [1.165, 1.54) is 0 Å². The first kappa shape index (κ1) is 7.53. The summed E-state index contributed by atoms with van der Waals surface area (Å²) in [4.78, 5) is 0. The molecule has 0 aliphatic carbocycles. The number of aliphatic hydroxyl groups is 1. The molecule has 2 aliphatic heterocycles. The second-order valence-corrected chi connectivity index (χ2v) is 3.76. The van der Waals surface area contributed by atoms with Crippen molar-refractivity contribution in [3.8, 4) is 0 Å². The summed E-state index contributed by atoms with van der Waals surface area (Å²) >= 11 is 0. The fourth-order valence-corrected chi connectivity index (χ4v) is 1.84. The van der Waals surface area contributed by atoms with Crippen LogP contribution in [-0.4, -0.2) is 37.0 Å². The monoisotopic (exact) mass is 157 g/mol. The average molecular weight is 157 g/mol. The Kier molecular flexibility index (Phi) is 1.87. The van der Waals surface area contributed by atoms with E-state index in [4.69, 9.17) is 4.74 Å². The zero-order valence-electron chi connectivity index (χ0n) is 6.68. The molecule has 0 spiro atoms. The number of hydrogen-bond donors (Lipinski definition) is 2. The van der Waals surface area contributed by atoms with Crippen molar-refractivity contribution in [3.05, 3.63) is 0 Å². The van der Waals surface area contributed by atoms with E-state index in [0.29, 0.717) is 5.92 Å². The highest BCUT2D eigenvalue weighted by molar-refractivity contribution is 4.94. The third-order valence-corrected chi connectivity index (χ3v) is 2.60. The molecule has 64 valence electrons. The van der Waals surface area contributed by atoms with E-state index in [2.05, 4.69) is 5.32 Å². The van der Waals surface area contributed by atoms with Crippen molar-refractivity contribution in [1.29, 1.82) is 0 Å². The third-order valence-electron chi connectivity index (χ3n) is 2.60. The SMILES string of the molecule is OC1(CC2CCOC2)CNC1. The highest BCUT2D eigenvalue weighted by atomic mass is 16.5. The van der Waals surface area contributed by atoms with Crippen molar-refractivity contribution in [2.24, 2.45) is 5.92 Å². The van der Waals surface area contributed by atoms with Gasteiger partial charge in [-0.1, -0.05) is 0 Å². The summed E-state index contributed by atoms with van der Waals surface area (Å²) < 4.78 is 5.24. The van der Waals surface area contributed by atoms with Crippen molar-refractivity contribution in [3.63, 3.8) is 0 Å². The first-order chi connectivity index (χ1) is 5.29. The third kappa shape index (κ3) is 1.55. The van der Waals surface area contributed by atoms with Crippen LogP contribution in [-0.2, 0) is 4.74 Å². The van der Waals surface area contributed by atoms with Gasteiger partial charge in [0.05, 0.1) is 5.60 Å². The molecule has 2 aliphatic rings. The van der Waals surface area contributed by atoms with E-state index >= 15 is 0 Å². The Hall–Kier alpha value is -0.120. The molecule has 3 nitrogen and oxygen atoms in total. The normalized spacial score (nSPS) is 35.2. The molecule has 2 saturated heterocycles. The first-order valence-corrected chi connectivity index (χ1v) is 4.29. The molecule has 2 rings (SSSR count). The maximum atomic E-state index is 9.75. The van der Waals surface area contributed by atoms with Crippen LogP contribution in [0.2, 0.25) is 0 Å². The minimum absolute atomic E-state index is 0.404. The quantitative estimate of drug-likeness (QED) is 0.580. The van der Waals surface area contributed by atoms with Crippen LogP contribution in [0, 0.1) is 5.92 Å². The van der Waals surface area contributed by atoms with Crippen LogP contribution >= 0.6 is 0 Å². The van der Waals surface area contributed by atoms with E-state index < -0.39 is 5.60 Å². The van der Waals surface area contributed by atoms with Crippen molar-refractivity contribution in [2.45, 2.75) is 18.4 Å². The smallest absolute Gasteiger partial charge is 0.0898 e. The number of hydrogen-bond acceptors (Lipinski definition) is 3. The maximum Gasteiger partial charge on any atom is 0.0898 e. The molecule has 1 unspecified atom stereocenters. The Morgan fingerprint density at radius 2 is 2.36 bits per heavy atom. The minimum atomic E-state index is -0.404. The van der Waals surface area contributed by atoms with Gasteiger partial charge in [-0.3, -0.25) is 0 Å². The summed E-state index contributed by atoms with van der Waals surface area (Å²) in [6, 6.07) is 0. The summed E-state index contributed by atoms with van der Waals surface area (Å²) in [6.45, 7) is 3.27. The summed E-state index contributed by atoms with van der Waals surface area (Å²) in [5.41, 5.74) is -0.404. The molecule has 11 heavy (non-hydrogen) atoms. The molecule has 3 heteroatoms. The predicted octanol–water partition coefficient (Wildman–Crippen LogP) is -0.253. The van der Waals surface area contributed by atoms with Gasteiger partial charge in [-0.05, 0) is 18.8 Å². The Morgan fingerprint density at radius 3 is 2.82 bits per heavy atom. The van der Waals surface area contributed by atoms with Gasteiger partial charge < -0.3 is 15.2 Å². The van der Waals surface area contributed by atoms with Crippen LogP contribution in [0.25, 0.3) is 0 Å². The molecule has 0 saturated carbocycles. The molecule has 0 amide bonds. The van der Waals surface area contributed by atoms with Crippen LogP contribution in [0.5, 0.6) is 0 Å². The zero-order chi connectivity index (χ0) is 7.73. The van der Waals surface area contributed by atoms with Gasteiger partial charge in [0.2, 0.25) is 0 Å². The molecule has 0 aromatic carbocycles. The molecule has 0 bridgehead atoms.